The van der Waals surface area contributed by atoms with Crippen LogP contribution in [0.5, 0.6) is 0 Å². The highest BCUT2D eigenvalue weighted by molar-refractivity contribution is 7.89. The van der Waals surface area contributed by atoms with Crippen molar-refractivity contribution in [2.75, 3.05) is 33.2 Å². The van der Waals surface area contributed by atoms with Gasteiger partial charge >= 0.3 is 0 Å². The molecule has 2 aromatic rings. The summed E-state index contributed by atoms with van der Waals surface area (Å²) in [6.07, 6.45) is 2.36. The standard InChI is InChI=1S/C19H26N4O3S/c1-20-27(25,26)17-13-18(21(2)15-17)19(24)23-10-6-9-22(11-12-23)14-16-7-4-3-5-8-16/h3-5,7-8,13,15,20H,6,9-12,14H2,1-2H3. The van der Waals surface area contributed by atoms with Gasteiger partial charge in [0, 0.05) is 46.0 Å². The largest absolute Gasteiger partial charge is 0.345 e. The van der Waals surface area contributed by atoms with Gasteiger partial charge < -0.3 is 9.47 Å². The van der Waals surface area contributed by atoms with Gasteiger partial charge in [0.2, 0.25) is 10.0 Å². The van der Waals surface area contributed by atoms with Crippen molar-refractivity contribution in [2.45, 2.75) is 17.9 Å². The molecule has 1 aliphatic rings. The summed E-state index contributed by atoms with van der Waals surface area (Å²) in [6, 6.07) is 11.8. The number of rotatable bonds is 5. The van der Waals surface area contributed by atoms with Crippen LogP contribution in [0.3, 0.4) is 0 Å². The molecular weight excluding hydrogens is 364 g/mol. The van der Waals surface area contributed by atoms with Crippen molar-refractivity contribution >= 4 is 15.9 Å². The molecule has 0 bridgehead atoms. The number of hydrogen-bond acceptors (Lipinski definition) is 4. The Hall–Kier alpha value is -2.16. The van der Waals surface area contributed by atoms with Crippen molar-refractivity contribution in [3.8, 4) is 0 Å². The molecule has 1 saturated heterocycles. The van der Waals surface area contributed by atoms with Crippen molar-refractivity contribution in [3.05, 3.63) is 53.9 Å². The number of hydrogen-bond donors (Lipinski definition) is 1. The lowest BCUT2D eigenvalue weighted by Gasteiger charge is -2.22. The first-order chi connectivity index (χ1) is 12.9. The predicted octanol–water partition coefficient (Wildman–Crippen LogP) is 1.28. The number of carbonyl (C=O) groups excluding carboxylic acids is 1. The van der Waals surface area contributed by atoms with Crippen LogP contribution in [0.15, 0.2) is 47.5 Å². The molecule has 0 atom stereocenters. The van der Waals surface area contributed by atoms with E-state index < -0.39 is 10.0 Å². The fourth-order valence-corrected chi connectivity index (χ4v) is 4.15. The SMILES string of the molecule is CNS(=O)(=O)c1cc(C(=O)N2CCCN(Cc3ccccc3)CC2)n(C)c1. The number of aromatic nitrogens is 1. The van der Waals surface area contributed by atoms with Crippen LogP contribution in [-0.2, 0) is 23.6 Å². The summed E-state index contributed by atoms with van der Waals surface area (Å²) in [4.78, 5) is 17.2. The third-order valence-corrected chi connectivity index (χ3v) is 6.28. The van der Waals surface area contributed by atoms with E-state index in [4.69, 9.17) is 0 Å². The minimum atomic E-state index is -3.56. The molecule has 0 radical (unpaired) electrons. The third kappa shape index (κ3) is 4.58. The average molecular weight is 391 g/mol. The first-order valence-electron chi connectivity index (χ1n) is 9.06. The van der Waals surface area contributed by atoms with Gasteiger partial charge in [0.25, 0.3) is 5.91 Å². The van der Waals surface area contributed by atoms with Gasteiger partial charge in [-0.25, -0.2) is 13.1 Å². The molecule has 8 heteroatoms. The van der Waals surface area contributed by atoms with Gasteiger partial charge in [-0.15, -0.1) is 0 Å². The molecule has 1 fully saturated rings. The molecule has 1 N–H and O–H groups in total. The van der Waals surface area contributed by atoms with Gasteiger partial charge in [-0.3, -0.25) is 9.69 Å². The summed E-state index contributed by atoms with van der Waals surface area (Å²) in [6.45, 7) is 3.91. The maximum atomic E-state index is 12.9. The maximum absolute atomic E-state index is 12.9. The van der Waals surface area contributed by atoms with E-state index in [9.17, 15) is 13.2 Å². The maximum Gasteiger partial charge on any atom is 0.270 e. The molecule has 146 valence electrons. The molecule has 0 aliphatic carbocycles. The Kier molecular flexibility index (Phi) is 5.98. The molecule has 3 rings (SSSR count). The molecule has 27 heavy (non-hydrogen) atoms. The van der Waals surface area contributed by atoms with E-state index in [-0.39, 0.29) is 10.8 Å². The predicted molar refractivity (Wildman–Crippen MR) is 104 cm³/mol. The van der Waals surface area contributed by atoms with Crippen LogP contribution in [-0.4, -0.2) is 61.9 Å². The second-order valence-electron chi connectivity index (χ2n) is 6.79. The number of nitrogens with zero attached hydrogens (tertiary/aromatic N) is 3. The molecule has 1 amide bonds. The zero-order chi connectivity index (χ0) is 19.4. The molecule has 1 aromatic heterocycles. The second-order valence-corrected chi connectivity index (χ2v) is 8.67. The van der Waals surface area contributed by atoms with Gasteiger partial charge in [-0.1, -0.05) is 30.3 Å². The summed E-state index contributed by atoms with van der Waals surface area (Å²) in [5.41, 5.74) is 1.65. The molecule has 1 aromatic carbocycles. The Morgan fingerprint density at radius 3 is 2.56 bits per heavy atom. The Bertz CT molecular complexity index is 893. The number of aryl methyl sites for hydroxylation is 1. The summed E-state index contributed by atoms with van der Waals surface area (Å²) in [7, 11) is -0.508. The lowest BCUT2D eigenvalue weighted by molar-refractivity contribution is 0.0751. The molecule has 0 spiro atoms. The second kappa shape index (κ2) is 8.24. The van der Waals surface area contributed by atoms with Gasteiger partial charge in [0.05, 0.1) is 0 Å². The van der Waals surface area contributed by atoms with Gasteiger partial charge in [0.1, 0.15) is 10.6 Å². The first-order valence-corrected chi connectivity index (χ1v) is 10.5. The number of nitrogens with one attached hydrogen (secondary N) is 1. The van der Waals surface area contributed by atoms with E-state index in [1.165, 1.54) is 24.9 Å². The van der Waals surface area contributed by atoms with Crippen molar-refractivity contribution in [3.63, 3.8) is 0 Å². The summed E-state index contributed by atoms with van der Waals surface area (Å²) >= 11 is 0. The van der Waals surface area contributed by atoms with Crippen LogP contribution in [0.2, 0.25) is 0 Å². The molecule has 0 unspecified atom stereocenters. The van der Waals surface area contributed by atoms with Crippen LogP contribution in [0.25, 0.3) is 0 Å². The van der Waals surface area contributed by atoms with Crippen molar-refractivity contribution in [2.24, 2.45) is 7.05 Å². The normalized spacial score (nSPS) is 16.3. The number of carbonyl (C=O) groups is 1. The fourth-order valence-electron chi connectivity index (χ4n) is 3.35. The van der Waals surface area contributed by atoms with E-state index >= 15 is 0 Å². The Labute approximate surface area is 160 Å². The Morgan fingerprint density at radius 1 is 1.11 bits per heavy atom. The van der Waals surface area contributed by atoms with E-state index in [2.05, 4.69) is 21.8 Å². The van der Waals surface area contributed by atoms with E-state index in [1.54, 1.807) is 11.6 Å². The fraction of sp³-hybridized carbons (Fsp3) is 0.421. The highest BCUT2D eigenvalue weighted by atomic mass is 32.2. The van der Waals surface area contributed by atoms with E-state index in [0.29, 0.717) is 18.8 Å². The van der Waals surface area contributed by atoms with Crippen LogP contribution in [0, 0.1) is 0 Å². The van der Waals surface area contributed by atoms with Crippen molar-refractivity contribution in [1.29, 1.82) is 0 Å². The zero-order valence-corrected chi connectivity index (χ0v) is 16.6. The third-order valence-electron chi connectivity index (χ3n) is 4.90. The monoisotopic (exact) mass is 390 g/mol. The first kappa shape index (κ1) is 19.6. The minimum absolute atomic E-state index is 0.108. The number of amides is 1. The average Bonchev–Trinajstić information content (AvgIpc) is 2.92. The molecular formula is C19H26N4O3S. The van der Waals surface area contributed by atoms with Crippen LogP contribution < -0.4 is 4.72 Å². The van der Waals surface area contributed by atoms with Crippen molar-refractivity contribution in [1.82, 2.24) is 19.1 Å². The summed E-state index contributed by atoms with van der Waals surface area (Å²) in [5.74, 6) is -0.128. The number of sulfonamides is 1. The Balaban J connectivity index is 1.68. The quantitative estimate of drug-likeness (QED) is 0.835. The zero-order valence-electron chi connectivity index (χ0n) is 15.8. The van der Waals surface area contributed by atoms with E-state index in [1.807, 2.05) is 23.1 Å². The smallest absolute Gasteiger partial charge is 0.270 e. The Morgan fingerprint density at radius 2 is 1.85 bits per heavy atom. The summed E-state index contributed by atoms with van der Waals surface area (Å²) < 4.78 is 27.8. The highest BCUT2D eigenvalue weighted by Gasteiger charge is 2.25. The van der Waals surface area contributed by atoms with Crippen LogP contribution in [0.1, 0.15) is 22.5 Å². The van der Waals surface area contributed by atoms with Gasteiger partial charge in [0.15, 0.2) is 0 Å². The van der Waals surface area contributed by atoms with Crippen LogP contribution >= 0.6 is 0 Å². The van der Waals surface area contributed by atoms with Crippen LogP contribution in [0.4, 0.5) is 0 Å². The minimum Gasteiger partial charge on any atom is -0.345 e. The van der Waals surface area contributed by atoms with Gasteiger partial charge in [-0.05, 0) is 25.1 Å². The number of benzene rings is 1. The van der Waals surface area contributed by atoms with Crippen molar-refractivity contribution < 1.29 is 13.2 Å². The molecule has 2 heterocycles. The molecule has 7 nitrogen and oxygen atoms in total. The topological polar surface area (TPSA) is 74.7 Å². The van der Waals surface area contributed by atoms with Gasteiger partial charge in [-0.2, -0.15) is 0 Å². The summed E-state index contributed by atoms with van der Waals surface area (Å²) in [5, 5.41) is 0. The lowest BCUT2D eigenvalue weighted by Crippen LogP contribution is -2.35. The highest BCUT2D eigenvalue weighted by Crippen LogP contribution is 2.17. The molecule has 0 saturated carbocycles. The lowest BCUT2D eigenvalue weighted by atomic mass is 10.2. The molecule has 1 aliphatic heterocycles. The van der Waals surface area contributed by atoms with E-state index in [0.717, 1.165) is 26.1 Å².